The average molecular weight is 237 g/mol. The Morgan fingerprint density at radius 1 is 1.53 bits per heavy atom. The Bertz CT molecular complexity index is 363. The second-order valence-corrected chi connectivity index (χ2v) is 4.31. The van der Waals surface area contributed by atoms with Crippen LogP contribution in [-0.4, -0.2) is 24.0 Å². The minimum atomic E-state index is -0.489. The third-order valence-corrected chi connectivity index (χ3v) is 2.28. The molecule has 1 heterocycles. The van der Waals surface area contributed by atoms with Crippen LogP contribution < -0.4 is 15.8 Å². The predicted octanol–water partition coefficient (Wildman–Crippen LogP) is 1.40. The molecule has 1 rings (SSSR count). The molecule has 0 bridgehead atoms. The highest BCUT2D eigenvalue weighted by atomic mass is 16.5. The number of rotatable bonds is 5. The first-order chi connectivity index (χ1) is 8.02. The van der Waals surface area contributed by atoms with Gasteiger partial charge in [0.15, 0.2) is 0 Å². The van der Waals surface area contributed by atoms with E-state index in [4.69, 9.17) is 10.5 Å². The van der Waals surface area contributed by atoms with E-state index in [0.717, 1.165) is 0 Å². The van der Waals surface area contributed by atoms with Gasteiger partial charge in [-0.25, -0.2) is 4.98 Å². The lowest BCUT2D eigenvalue weighted by Gasteiger charge is -2.14. The second-order valence-electron chi connectivity index (χ2n) is 4.31. The monoisotopic (exact) mass is 237 g/mol. The van der Waals surface area contributed by atoms with Gasteiger partial charge >= 0.3 is 0 Å². The predicted molar refractivity (Wildman–Crippen MR) is 66.8 cm³/mol. The summed E-state index contributed by atoms with van der Waals surface area (Å²) in [5.74, 6) is 0.713. The fraction of sp³-hybridized carbons (Fsp3) is 0.500. The highest BCUT2D eigenvalue weighted by Gasteiger charge is 2.14. The van der Waals surface area contributed by atoms with Crippen molar-refractivity contribution in [3.8, 4) is 5.88 Å². The van der Waals surface area contributed by atoms with Gasteiger partial charge in [-0.1, -0.05) is 13.8 Å². The topological polar surface area (TPSA) is 77.2 Å². The summed E-state index contributed by atoms with van der Waals surface area (Å²) in [5, 5.41) is 2.72. The summed E-state index contributed by atoms with van der Waals surface area (Å²) in [6, 6.07) is 2.92. The van der Waals surface area contributed by atoms with Crippen LogP contribution in [0.15, 0.2) is 18.3 Å². The largest absolute Gasteiger partial charge is 0.481 e. The average Bonchev–Trinajstić information content (AvgIpc) is 2.29. The molecule has 0 aliphatic rings. The number of nitrogens with one attached hydrogen (secondary N) is 1. The number of amides is 1. The Balaban J connectivity index is 2.55. The summed E-state index contributed by atoms with van der Waals surface area (Å²) in [7, 11) is 1.54. The van der Waals surface area contributed by atoms with Gasteiger partial charge in [0.05, 0.1) is 25.0 Å². The Morgan fingerprint density at radius 3 is 2.71 bits per heavy atom. The minimum Gasteiger partial charge on any atom is -0.481 e. The minimum absolute atomic E-state index is 0.189. The Labute approximate surface area is 101 Å². The van der Waals surface area contributed by atoms with E-state index >= 15 is 0 Å². The molecule has 0 unspecified atom stereocenters. The first-order valence-corrected chi connectivity index (χ1v) is 5.59. The lowest BCUT2D eigenvalue weighted by molar-refractivity contribution is -0.117. The van der Waals surface area contributed by atoms with Gasteiger partial charge in [-0.2, -0.15) is 0 Å². The summed E-state index contributed by atoms with van der Waals surface area (Å²) >= 11 is 0. The molecule has 0 fully saturated rings. The van der Waals surface area contributed by atoms with Crippen molar-refractivity contribution in [3.63, 3.8) is 0 Å². The first kappa shape index (κ1) is 13.4. The van der Waals surface area contributed by atoms with Crippen molar-refractivity contribution in [1.29, 1.82) is 0 Å². The molecule has 1 amide bonds. The van der Waals surface area contributed by atoms with Crippen molar-refractivity contribution in [2.24, 2.45) is 11.7 Å². The molecule has 0 spiro atoms. The maximum absolute atomic E-state index is 11.7. The first-order valence-electron chi connectivity index (χ1n) is 5.59. The molecule has 0 aliphatic carbocycles. The molecule has 17 heavy (non-hydrogen) atoms. The fourth-order valence-corrected chi connectivity index (χ4v) is 1.42. The Hall–Kier alpha value is -1.62. The third-order valence-electron chi connectivity index (χ3n) is 2.28. The zero-order chi connectivity index (χ0) is 12.8. The molecule has 5 nitrogen and oxygen atoms in total. The number of carbonyl (C=O) groups excluding carboxylic acids is 1. The van der Waals surface area contributed by atoms with Crippen molar-refractivity contribution in [2.75, 3.05) is 12.4 Å². The molecule has 5 heteroatoms. The number of carbonyl (C=O) groups is 1. The molecule has 0 saturated heterocycles. The van der Waals surface area contributed by atoms with E-state index in [2.05, 4.69) is 10.3 Å². The number of hydrogen-bond donors (Lipinski definition) is 2. The summed E-state index contributed by atoms with van der Waals surface area (Å²) in [4.78, 5) is 15.7. The van der Waals surface area contributed by atoms with Crippen LogP contribution in [0.1, 0.15) is 20.3 Å². The molecule has 0 saturated carbocycles. The van der Waals surface area contributed by atoms with E-state index < -0.39 is 6.04 Å². The lowest BCUT2D eigenvalue weighted by Crippen LogP contribution is -2.36. The Morgan fingerprint density at radius 2 is 2.24 bits per heavy atom. The van der Waals surface area contributed by atoms with Crippen LogP contribution in [0, 0.1) is 5.92 Å². The fourth-order valence-electron chi connectivity index (χ4n) is 1.42. The number of anilines is 1. The normalized spacial score (nSPS) is 12.3. The number of hydrogen-bond acceptors (Lipinski definition) is 4. The van der Waals surface area contributed by atoms with Crippen molar-refractivity contribution in [1.82, 2.24) is 4.98 Å². The maximum atomic E-state index is 11.7. The quantitative estimate of drug-likeness (QED) is 0.811. The van der Waals surface area contributed by atoms with Gasteiger partial charge < -0.3 is 15.8 Å². The maximum Gasteiger partial charge on any atom is 0.241 e. The Kier molecular flexibility index (Phi) is 4.90. The molecule has 0 aromatic carbocycles. The summed E-state index contributed by atoms with van der Waals surface area (Å²) < 4.78 is 4.93. The van der Waals surface area contributed by atoms with E-state index in [-0.39, 0.29) is 5.91 Å². The van der Waals surface area contributed by atoms with Crippen LogP contribution in [0.4, 0.5) is 5.69 Å². The van der Waals surface area contributed by atoms with E-state index in [1.165, 1.54) is 0 Å². The summed E-state index contributed by atoms with van der Waals surface area (Å²) in [6.07, 6.45) is 2.20. The van der Waals surface area contributed by atoms with E-state index in [1.807, 2.05) is 13.8 Å². The van der Waals surface area contributed by atoms with Gasteiger partial charge in [-0.3, -0.25) is 4.79 Å². The number of methoxy groups -OCH3 is 1. The molecule has 0 radical (unpaired) electrons. The molecule has 1 aromatic heterocycles. The van der Waals surface area contributed by atoms with E-state index in [0.29, 0.717) is 23.9 Å². The molecule has 1 aromatic rings. The molecule has 94 valence electrons. The molecular formula is C12H19N3O2. The smallest absolute Gasteiger partial charge is 0.241 e. The van der Waals surface area contributed by atoms with Gasteiger partial charge in [-0.15, -0.1) is 0 Å². The number of pyridine rings is 1. The van der Waals surface area contributed by atoms with E-state index in [9.17, 15) is 4.79 Å². The highest BCUT2D eigenvalue weighted by molar-refractivity contribution is 5.94. The van der Waals surface area contributed by atoms with Gasteiger partial charge in [0, 0.05) is 6.07 Å². The van der Waals surface area contributed by atoms with Crippen LogP contribution in [0.3, 0.4) is 0 Å². The third kappa shape index (κ3) is 4.40. The standard InChI is InChI=1S/C12H19N3O2/c1-8(2)6-10(13)12(16)15-9-4-5-11(17-3)14-7-9/h4-5,7-8,10H,6,13H2,1-3H3,(H,15,16)/t10-/m1/s1. The molecule has 0 aliphatic heterocycles. The number of ether oxygens (including phenoxy) is 1. The second kappa shape index (κ2) is 6.20. The van der Waals surface area contributed by atoms with Crippen LogP contribution in [0.2, 0.25) is 0 Å². The molecular weight excluding hydrogens is 218 g/mol. The zero-order valence-corrected chi connectivity index (χ0v) is 10.4. The van der Waals surface area contributed by atoms with Crippen molar-refractivity contribution in [3.05, 3.63) is 18.3 Å². The van der Waals surface area contributed by atoms with Gasteiger partial charge in [-0.05, 0) is 18.4 Å². The van der Waals surface area contributed by atoms with Crippen molar-refractivity contribution < 1.29 is 9.53 Å². The molecule has 3 N–H and O–H groups in total. The highest BCUT2D eigenvalue weighted by Crippen LogP contribution is 2.12. The van der Waals surface area contributed by atoms with Gasteiger partial charge in [0.25, 0.3) is 0 Å². The van der Waals surface area contributed by atoms with Gasteiger partial charge in [0.1, 0.15) is 0 Å². The zero-order valence-electron chi connectivity index (χ0n) is 10.4. The summed E-state index contributed by atoms with van der Waals surface area (Å²) in [5.41, 5.74) is 6.39. The lowest BCUT2D eigenvalue weighted by atomic mass is 10.0. The van der Waals surface area contributed by atoms with E-state index in [1.54, 1.807) is 25.4 Å². The number of nitrogens with two attached hydrogens (primary N) is 1. The number of nitrogens with zero attached hydrogens (tertiary/aromatic N) is 1. The van der Waals surface area contributed by atoms with Gasteiger partial charge in [0.2, 0.25) is 11.8 Å². The SMILES string of the molecule is COc1ccc(NC(=O)[C@H](N)CC(C)C)cn1. The van der Waals surface area contributed by atoms with Crippen molar-refractivity contribution >= 4 is 11.6 Å². The van der Waals surface area contributed by atoms with Crippen LogP contribution in [0.5, 0.6) is 5.88 Å². The summed E-state index contributed by atoms with van der Waals surface area (Å²) in [6.45, 7) is 4.06. The van der Waals surface area contributed by atoms with Crippen LogP contribution in [-0.2, 0) is 4.79 Å². The molecule has 1 atom stereocenters. The van der Waals surface area contributed by atoms with Crippen LogP contribution >= 0.6 is 0 Å². The van der Waals surface area contributed by atoms with Crippen molar-refractivity contribution in [2.45, 2.75) is 26.3 Å². The van der Waals surface area contributed by atoms with Crippen LogP contribution in [0.25, 0.3) is 0 Å². The number of aromatic nitrogens is 1.